The van der Waals surface area contributed by atoms with E-state index in [1.54, 1.807) is 14.2 Å². The Hall–Kier alpha value is -3.02. The number of aryl methyl sites for hydroxylation is 2. The summed E-state index contributed by atoms with van der Waals surface area (Å²) < 4.78 is 10.5. The molecule has 0 aliphatic heterocycles. The highest BCUT2D eigenvalue weighted by atomic mass is 16.5. The number of hydrogen-bond acceptors (Lipinski definition) is 4. The van der Waals surface area contributed by atoms with Crippen LogP contribution < -0.4 is 15.4 Å². The fraction of sp³-hybridized carbons (Fsp3) is 0.300. The average molecular weight is 352 g/mol. The smallest absolute Gasteiger partial charge is 0.191 e. The standard InChI is InChI=1S/C20H24N4O2/c1-13-19(14(2)26-24-13)12-23-20(21-3)22-11-15-5-6-17-10-18(25-4)8-7-16(17)9-15/h5-10H,11-12H2,1-4H3,(H2,21,22,23). The fourth-order valence-corrected chi connectivity index (χ4v) is 2.84. The molecule has 0 aliphatic carbocycles. The predicted molar refractivity (Wildman–Crippen MR) is 104 cm³/mol. The lowest BCUT2D eigenvalue weighted by molar-refractivity contribution is 0.392. The number of fused-ring (bicyclic) bond motifs is 1. The summed E-state index contributed by atoms with van der Waals surface area (Å²) in [6.45, 7) is 5.16. The van der Waals surface area contributed by atoms with E-state index in [1.807, 2.05) is 26.0 Å². The minimum atomic E-state index is 0.623. The van der Waals surface area contributed by atoms with Crippen LogP contribution in [0.2, 0.25) is 0 Å². The highest BCUT2D eigenvalue weighted by Crippen LogP contribution is 2.21. The molecule has 2 aromatic carbocycles. The molecule has 1 aromatic heterocycles. The van der Waals surface area contributed by atoms with Crippen molar-refractivity contribution in [2.45, 2.75) is 26.9 Å². The molecule has 0 radical (unpaired) electrons. The van der Waals surface area contributed by atoms with Gasteiger partial charge in [-0.2, -0.15) is 0 Å². The number of aromatic nitrogens is 1. The third-order valence-electron chi connectivity index (χ3n) is 4.41. The molecule has 0 unspecified atom stereocenters. The van der Waals surface area contributed by atoms with Crippen molar-refractivity contribution in [1.82, 2.24) is 15.8 Å². The average Bonchev–Trinajstić information content (AvgIpc) is 2.99. The van der Waals surface area contributed by atoms with Gasteiger partial charge in [0.05, 0.1) is 12.8 Å². The Bertz CT molecular complexity index is 911. The first-order chi connectivity index (χ1) is 12.6. The van der Waals surface area contributed by atoms with Crippen molar-refractivity contribution in [3.05, 3.63) is 59.0 Å². The number of nitrogens with zero attached hydrogens (tertiary/aromatic N) is 2. The minimum Gasteiger partial charge on any atom is -0.497 e. The molecule has 3 rings (SSSR count). The summed E-state index contributed by atoms with van der Waals surface area (Å²) in [5.41, 5.74) is 3.14. The van der Waals surface area contributed by atoms with Gasteiger partial charge in [0.1, 0.15) is 11.5 Å². The van der Waals surface area contributed by atoms with E-state index in [2.05, 4.69) is 45.0 Å². The third kappa shape index (κ3) is 3.96. The molecule has 0 bridgehead atoms. The molecule has 0 saturated carbocycles. The summed E-state index contributed by atoms with van der Waals surface area (Å²) in [7, 11) is 3.44. The number of benzene rings is 2. The van der Waals surface area contributed by atoms with Gasteiger partial charge in [0.15, 0.2) is 5.96 Å². The predicted octanol–water partition coefficient (Wildman–Crippen LogP) is 3.32. The molecular weight excluding hydrogens is 328 g/mol. The summed E-state index contributed by atoms with van der Waals surface area (Å²) in [6, 6.07) is 12.5. The first-order valence-corrected chi connectivity index (χ1v) is 8.53. The quantitative estimate of drug-likeness (QED) is 0.544. The van der Waals surface area contributed by atoms with Crippen molar-refractivity contribution in [2.75, 3.05) is 14.2 Å². The number of methoxy groups -OCH3 is 1. The minimum absolute atomic E-state index is 0.623. The van der Waals surface area contributed by atoms with Crippen LogP contribution in [0.25, 0.3) is 10.8 Å². The van der Waals surface area contributed by atoms with E-state index in [-0.39, 0.29) is 0 Å². The number of hydrogen-bond donors (Lipinski definition) is 2. The number of guanidine groups is 1. The number of rotatable bonds is 5. The van der Waals surface area contributed by atoms with E-state index >= 15 is 0 Å². The van der Waals surface area contributed by atoms with Crippen LogP contribution in [0.15, 0.2) is 45.9 Å². The molecule has 26 heavy (non-hydrogen) atoms. The zero-order valence-corrected chi connectivity index (χ0v) is 15.6. The first-order valence-electron chi connectivity index (χ1n) is 8.53. The molecule has 136 valence electrons. The van der Waals surface area contributed by atoms with Crippen LogP contribution in [0.5, 0.6) is 5.75 Å². The van der Waals surface area contributed by atoms with Gasteiger partial charge in [-0.3, -0.25) is 4.99 Å². The SMILES string of the molecule is CN=C(NCc1ccc2cc(OC)ccc2c1)NCc1c(C)noc1C. The lowest BCUT2D eigenvalue weighted by atomic mass is 10.1. The molecule has 0 fully saturated rings. The van der Waals surface area contributed by atoms with E-state index in [4.69, 9.17) is 9.26 Å². The summed E-state index contributed by atoms with van der Waals surface area (Å²) in [5.74, 6) is 2.43. The monoisotopic (exact) mass is 352 g/mol. The number of ether oxygens (including phenoxy) is 1. The maximum Gasteiger partial charge on any atom is 0.191 e. The molecule has 6 nitrogen and oxygen atoms in total. The Kier molecular flexibility index (Phi) is 5.41. The molecule has 0 amide bonds. The van der Waals surface area contributed by atoms with E-state index in [9.17, 15) is 0 Å². The van der Waals surface area contributed by atoms with Gasteiger partial charge in [0, 0.05) is 25.7 Å². The third-order valence-corrected chi connectivity index (χ3v) is 4.41. The Balaban J connectivity index is 1.62. The van der Waals surface area contributed by atoms with E-state index in [1.165, 1.54) is 10.9 Å². The van der Waals surface area contributed by atoms with Gasteiger partial charge in [-0.15, -0.1) is 0 Å². The Morgan fingerprint density at radius 1 is 1.08 bits per heavy atom. The van der Waals surface area contributed by atoms with Crippen molar-refractivity contribution in [3.63, 3.8) is 0 Å². The van der Waals surface area contributed by atoms with Crippen molar-refractivity contribution >= 4 is 16.7 Å². The molecule has 0 spiro atoms. The molecule has 0 aliphatic rings. The Morgan fingerprint density at radius 3 is 2.50 bits per heavy atom. The molecule has 3 aromatic rings. The highest BCUT2D eigenvalue weighted by molar-refractivity contribution is 5.85. The van der Waals surface area contributed by atoms with Gasteiger partial charge in [0.25, 0.3) is 0 Å². The zero-order valence-electron chi connectivity index (χ0n) is 15.6. The van der Waals surface area contributed by atoms with Gasteiger partial charge < -0.3 is 19.9 Å². The van der Waals surface area contributed by atoms with Gasteiger partial charge in [0.2, 0.25) is 0 Å². The lowest BCUT2D eigenvalue weighted by Crippen LogP contribution is -2.36. The second kappa shape index (κ2) is 7.91. The van der Waals surface area contributed by atoms with Gasteiger partial charge >= 0.3 is 0 Å². The normalized spacial score (nSPS) is 11.6. The number of aliphatic imine (C=N–C) groups is 1. The van der Waals surface area contributed by atoms with Gasteiger partial charge in [-0.1, -0.05) is 23.4 Å². The molecule has 0 atom stereocenters. The van der Waals surface area contributed by atoms with E-state index in [0.717, 1.165) is 34.1 Å². The van der Waals surface area contributed by atoms with Gasteiger partial charge in [-0.25, -0.2) is 0 Å². The molecular formula is C20H24N4O2. The van der Waals surface area contributed by atoms with Crippen molar-refractivity contribution in [1.29, 1.82) is 0 Å². The summed E-state index contributed by atoms with van der Waals surface area (Å²) in [4.78, 5) is 4.27. The summed E-state index contributed by atoms with van der Waals surface area (Å²) in [5, 5.41) is 13.0. The number of nitrogens with one attached hydrogen (secondary N) is 2. The van der Waals surface area contributed by atoms with Crippen molar-refractivity contribution in [2.24, 2.45) is 4.99 Å². The maximum absolute atomic E-state index is 5.27. The highest BCUT2D eigenvalue weighted by Gasteiger charge is 2.09. The molecule has 2 N–H and O–H groups in total. The van der Waals surface area contributed by atoms with Crippen LogP contribution in [-0.2, 0) is 13.1 Å². The van der Waals surface area contributed by atoms with E-state index < -0.39 is 0 Å². The molecule has 1 heterocycles. The van der Waals surface area contributed by atoms with Crippen LogP contribution in [0.4, 0.5) is 0 Å². The van der Waals surface area contributed by atoms with Crippen molar-refractivity contribution < 1.29 is 9.26 Å². The van der Waals surface area contributed by atoms with Crippen LogP contribution in [0, 0.1) is 13.8 Å². The maximum atomic E-state index is 5.27. The summed E-state index contributed by atoms with van der Waals surface area (Å²) >= 11 is 0. The zero-order chi connectivity index (χ0) is 18.5. The van der Waals surface area contributed by atoms with Crippen LogP contribution >= 0.6 is 0 Å². The molecule has 0 saturated heterocycles. The van der Waals surface area contributed by atoms with Crippen LogP contribution in [0.3, 0.4) is 0 Å². The summed E-state index contributed by atoms with van der Waals surface area (Å²) in [6.07, 6.45) is 0. The van der Waals surface area contributed by atoms with Crippen molar-refractivity contribution in [3.8, 4) is 5.75 Å². The Labute approximate surface area is 153 Å². The largest absolute Gasteiger partial charge is 0.497 e. The fourth-order valence-electron chi connectivity index (χ4n) is 2.84. The molecule has 6 heteroatoms. The topological polar surface area (TPSA) is 71.7 Å². The second-order valence-corrected chi connectivity index (χ2v) is 6.13. The second-order valence-electron chi connectivity index (χ2n) is 6.13. The van der Waals surface area contributed by atoms with E-state index in [0.29, 0.717) is 13.1 Å². The first kappa shape index (κ1) is 17.8. The van der Waals surface area contributed by atoms with Crippen LogP contribution in [-0.4, -0.2) is 25.3 Å². The lowest BCUT2D eigenvalue weighted by Gasteiger charge is -2.12. The Morgan fingerprint density at radius 2 is 1.81 bits per heavy atom. The van der Waals surface area contributed by atoms with Gasteiger partial charge in [-0.05, 0) is 48.4 Å². The van der Waals surface area contributed by atoms with Crippen LogP contribution in [0.1, 0.15) is 22.6 Å².